The van der Waals surface area contributed by atoms with Gasteiger partial charge in [-0.3, -0.25) is 4.79 Å². The van der Waals surface area contributed by atoms with Gasteiger partial charge in [0.2, 0.25) is 5.43 Å². The van der Waals surface area contributed by atoms with Crippen LogP contribution in [0.1, 0.15) is 23.7 Å². The number of hydrogen-bond donors (Lipinski definition) is 0. The topological polar surface area (TPSA) is 93.7 Å². The standard InChI is InChI=1S/C24H18ClN5O2/c1-2-32-21-14-27-24(28-15-21)18-5-3-4-16(8-18)11-22-23(31)6-7-30(29-22)20-10-17(13-26)9-19(25)12-20/h3-10,12,14-15H,2,11H2,1H3. The maximum atomic E-state index is 12.5. The summed E-state index contributed by atoms with van der Waals surface area (Å²) < 4.78 is 6.93. The van der Waals surface area contributed by atoms with E-state index >= 15 is 0 Å². The molecule has 4 aromatic rings. The predicted octanol–water partition coefficient (Wildman–Crippen LogP) is 4.20. The van der Waals surface area contributed by atoms with Crippen LogP contribution in [0.15, 0.2) is 71.9 Å². The lowest BCUT2D eigenvalue weighted by molar-refractivity contribution is 0.337. The van der Waals surface area contributed by atoms with E-state index in [1.54, 1.807) is 41.5 Å². The molecule has 32 heavy (non-hydrogen) atoms. The van der Waals surface area contributed by atoms with E-state index in [-0.39, 0.29) is 5.43 Å². The predicted molar refractivity (Wildman–Crippen MR) is 121 cm³/mol. The van der Waals surface area contributed by atoms with E-state index in [4.69, 9.17) is 16.3 Å². The number of halogens is 1. The van der Waals surface area contributed by atoms with Crippen LogP contribution in [0, 0.1) is 11.3 Å². The Hall–Kier alpha value is -4.02. The summed E-state index contributed by atoms with van der Waals surface area (Å²) in [5.41, 5.74) is 2.94. The van der Waals surface area contributed by atoms with Crippen molar-refractivity contribution in [1.29, 1.82) is 5.26 Å². The zero-order valence-electron chi connectivity index (χ0n) is 17.2. The molecule has 0 fully saturated rings. The van der Waals surface area contributed by atoms with Gasteiger partial charge in [0.25, 0.3) is 0 Å². The van der Waals surface area contributed by atoms with Gasteiger partial charge in [0, 0.05) is 29.3 Å². The smallest absolute Gasteiger partial charge is 0.203 e. The molecule has 158 valence electrons. The molecule has 2 aromatic carbocycles. The van der Waals surface area contributed by atoms with Crippen molar-refractivity contribution in [3.63, 3.8) is 0 Å². The zero-order valence-corrected chi connectivity index (χ0v) is 18.0. The minimum absolute atomic E-state index is 0.175. The first-order valence-electron chi connectivity index (χ1n) is 9.90. The third-order valence-corrected chi connectivity index (χ3v) is 4.87. The molecule has 0 aliphatic rings. The van der Waals surface area contributed by atoms with E-state index in [1.165, 1.54) is 6.07 Å². The Bertz CT molecular complexity index is 1360. The molecule has 0 spiro atoms. The normalized spacial score (nSPS) is 10.5. The molecule has 0 N–H and O–H groups in total. The van der Waals surface area contributed by atoms with Gasteiger partial charge in [-0.05, 0) is 36.8 Å². The third-order valence-electron chi connectivity index (χ3n) is 4.65. The van der Waals surface area contributed by atoms with Crippen LogP contribution in [-0.4, -0.2) is 26.4 Å². The fourth-order valence-electron chi connectivity index (χ4n) is 3.20. The highest BCUT2D eigenvalue weighted by Gasteiger charge is 2.09. The first-order chi connectivity index (χ1) is 15.6. The second-order valence-electron chi connectivity index (χ2n) is 6.93. The van der Waals surface area contributed by atoms with Gasteiger partial charge in [0.15, 0.2) is 11.6 Å². The second kappa shape index (κ2) is 9.41. The van der Waals surface area contributed by atoms with Crippen LogP contribution in [0.2, 0.25) is 5.02 Å². The molecule has 0 aliphatic carbocycles. The molecule has 0 saturated carbocycles. The molecule has 4 rings (SSSR count). The first kappa shape index (κ1) is 21.2. The molecule has 0 unspecified atom stereocenters. The number of aromatic nitrogens is 4. The Morgan fingerprint density at radius 1 is 1.12 bits per heavy atom. The van der Waals surface area contributed by atoms with E-state index < -0.39 is 0 Å². The Balaban J connectivity index is 1.63. The van der Waals surface area contributed by atoms with E-state index in [0.717, 1.165) is 11.1 Å². The van der Waals surface area contributed by atoms with Gasteiger partial charge in [0.1, 0.15) is 5.69 Å². The number of ether oxygens (including phenoxy) is 1. The summed E-state index contributed by atoms with van der Waals surface area (Å²) in [6, 6.07) is 16.1. The highest BCUT2D eigenvalue weighted by atomic mass is 35.5. The molecule has 0 saturated heterocycles. The van der Waals surface area contributed by atoms with Crippen molar-refractivity contribution in [2.24, 2.45) is 0 Å². The number of rotatable bonds is 6. The summed E-state index contributed by atoms with van der Waals surface area (Å²) in [5, 5.41) is 14.1. The minimum atomic E-state index is -0.175. The molecule has 2 heterocycles. The van der Waals surface area contributed by atoms with Crippen LogP contribution in [0.25, 0.3) is 17.1 Å². The molecule has 0 bridgehead atoms. The van der Waals surface area contributed by atoms with Gasteiger partial charge in [-0.1, -0.05) is 29.8 Å². The molecule has 0 aliphatic heterocycles. The highest BCUT2D eigenvalue weighted by Crippen LogP contribution is 2.20. The Labute approximate surface area is 189 Å². The van der Waals surface area contributed by atoms with E-state index in [9.17, 15) is 10.1 Å². The third kappa shape index (κ3) is 4.82. The van der Waals surface area contributed by atoms with Crippen molar-refractivity contribution in [2.75, 3.05) is 6.61 Å². The Kier molecular flexibility index (Phi) is 6.24. The van der Waals surface area contributed by atoms with E-state index in [1.807, 2.05) is 31.2 Å². The summed E-state index contributed by atoms with van der Waals surface area (Å²) in [6.07, 6.45) is 5.16. The van der Waals surface area contributed by atoms with Crippen LogP contribution in [0.5, 0.6) is 5.75 Å². The van der Waals surface area contributed by atoms with Crippen molar-refractivity contribution < 1.29 is 4.74 Å². The van der Waals surface area contributed by atoms with Gasteiger partial charge in [-0.25, -0.2) is 14.6 Å². The summed E-state index contributed by atoms with van der Waals surface area (Å²) in [6.45, 7) is 2.45. The van der Waals surface area contributed by atoms with Crippen LogP contribution >= 0.6 is 11.6 Å². The average Bonchev–Trinajstić information content (AvgIpc) is 2.81. The lowest BCUT2D eigenvalue weighted by Gasteiger charge is -2.09. The SMILES string of the molecule is CCOc1cnc(-c2cccc(Cc3nn(-c4cc(Cl)cc(C#N)c4)ccc3=O)c2)nc1. The second-order valence-corrected chi connectivity index (χ2v) is 7.37. The first-order valence-corrected chi connectivity index (χ1v) is 10.3. The summed E-state index contributed by atoms with van der Waals surface area (Å²) in [7, 11) is 0. The van der Waals surface area contributed by atoms with E-state index in [2.05, 4.69) is 21.1 Å². The van der Waals surface area contributed by atoms with Crippen molar-refractivity contribution >= 4 is 11.6 Å². The molecule has 7 nitrogen and oxygen atoms in total. The molecule has 2 aromatic heterocycles. The number of hydrogen-bond acceptors (Lipinski definition) is 6. The largest absolute Gasteiger partial charge is 0.491 e. The van der Waals surface area contributed by atoms with Gasteiger partial charge in [0.05, 0.1) is 36.3 Å². The fourth-order valence-corrected chi connectivity index (χ4v) is 3.43. The van der Waals surface area contributed by atoms with Crippen molar-refractivity contribution in [3.05, 3.63) is 99.2 Å². The number of benzene rings is 2. The zero-order chi connectivity index (χ0) is 22.5. The molecular formula is C24H18ClN5O2. The molecule has 0 radical (unpaired) electrons. The lowest BCUT2D eigenvalue weighted by Crippen LogP contribution is -2.16. The van der Waals surface area contributed by atoms with Crippen molar-refractivity contribution in [1.82, 2.24) is 19.7 Å². The molecule has 0 atom stereocenters. The molecule has 0 amide bonds. The van der Waals surface area contributed by atoms with Crippen LogP contribution in [0.3, 0.4) is 0 Å². The monoisotopic (exact) mass is 443 g/mol. The maximum absolute atomic E-state index is 12.5. The van der Waals surface area contributed by atoms with Crippen LogP contribution in [-0.2, 0) is 6.42 Å². The number of nitriles is 1. The van der Waals surface area contributed by atoms with Crippen molar-refractivity contribution in [3.8, 4) is 28.9 Å². The number of nitrogens with zero attached hydrogens (tertiary/aromatic N) is 5. The van der Waals surface area contributed by atoms with Crippen LogP contribution < -0.4 is 10.2 Å². The average molecular weight is 444 g/mol. The van der Waals surface area contributed by atoms with Gasteiger partial charge < -0.3 is 4.74 Å². The summed E-state index contributed by atoms with van der Waals surface area (Å²) in [4.78, 5) is 21.2. The maximum Gasteiger partial charge on any atom is 0.203 e. The summed E-state index contributed by atoms with van der Waals surface area (Å²) >= 11 is 6.11. The van der Waals surface area contributed by atoms with Crippen LogP contribution in [0.4, 0.5) is 0 Å². The van der Waals surface area contributed by atoms with Gasteiger partial charge in [-0.2, -0.15) is 10.4 Å². The Morgan fingerprint density at radius 3 is 2.69 bits per heavy atom. The van der Waals surface area contributed by atoms with Crippen molar-refractivity contribution in [2.45, 2.75) is 13.3 Å². The van der Waals surface area contributed by atoms with E-state index in [0.29, 0.717) is 46.6 Å². The van der Waals surface area contributed by atoms with Gasteiger partial charge >= 0.3 is 0 Å². The van der Waals surface area contributed by atoms with Gasteiger partial charge in [-0.15, -0.1) is 0 Å². The Morgan fingerprint density at radius 2 is 1.94 bits per heavy atom. The fraction of sp³-hybridized carbons (Fsp3) is 0.125. The molecular weight excluding hydrogens is 426 g/mol. The lowest BCUT2D eigenvalue weighted by atomic mass is 10.1. The quantitative estimate of drug-likeness (QED) is 0.443. The minimum Gasteiger partial charge on any atom is -0.491 e. The highest BCUT2D eigenvalue weighted by molar-refractivity contribution is 6.30. The summed E-state index contributed by atoms with van der Waals surface area (Å²) in [5.74, 6) is 1.18. The molecule has 8 heteroatoms.